The summed E-state index contributed by atoms with van der Waals surface area (Å²) in [7, 11) is -3.15. The Morgan fingerprint density at radius 2 is 0.933 bits per heavy atom. The third-order valence-electron chi connectivity index (χ3n) is 8.50. The fourth-order valence-corrected chi connectivity index (χ4v) is 9.45. The van der Waals surface area contributed by atoms with Crippen LogP contribution in [0.15, 0.2) is 158 Å². The minimum Gasteiger partial charge on any atom is -0.511 e. The molecule has 0 amide bonds. The fraction of sp³-hybridized carbons (Fsp3) is 0.100. The Labute approximate surface area is 266 Å². The molecule has 0 fully saturated rings. The van der Waals surface area contributed by atoms with Gasteiger partial charge in [-0.1, -0.05) is 140 Å². The molecular weight excluding hydrogens is 570 g/mol. The van der Waals surface area contributed by atoms with E-state index in [0.717, 1.165) is 26.9 Å². The minimum absolute atomic E-state index is 0.0726. The van der Waals surface area contributed by atoms with E-state index in [2.05, 4.69) is 141 Å². The molecule has 0 heterocycles. The first-order valence-corrected chi connectivity index (χ1v) is 18.3. The summed E-state index contributed by atoms with van der Waals surface area (Å²) in [6, 6.07) is 55.0. The van der Waals surface area contributed by atoms with Crippen LogP contribution in [0.25, 0.3) is 32.3 Å². The van der Waals surface area contributed by atoms with Crippen molar-refractivity contribution in [3.63, 3.8) is 0 Å². The Hall–Kier alpha value is -4.47. The second kappa shape index (κ2) is 12.9. The first kappa shape index (κ1) is 30.6. The third-order valence-corrected chi connectivity index (χ3v) is 11.3. The van der Waals surface area contributed by atoms with Gasteiger partial charge in [-0.3, -0.25) is 0 Å². The van der Waals surface area contributed by atoms with Crippen molar-refractivity contribution in [2.45, 2.75) is 5.16 Å². The standard InChI is InChI=1S/C22H24P.C18H13BO3/c1-23(2,3)22(19-13-7-4-8-14-19,20-15-9-5-10-16-20)21-17-11-6-12-18-21;20-19(21)22-17-7-3-6-12-8-9-15-10-13-4-1-2-5-14(13)11-16(15)18(12)17/h4-18H,1-3H3;1-11,20-21H/q+1;. The maximum Gasteiger partial charge on any atom is 0.707 e. The number of rotatable bonds is 6. The van der Waals surface area contributed by atoms with E-state index < -0.39 is 14.6 Å². The van der Waals surface area contributed by atoms with Crippen molar-refractivity contribution in [2.75, 3.05) is 20.0 Å². The summed E-state index contributed by atoms with van der Waals surface area (Å²) in [5, 5.41) is 24.5. The van der Waals surface area contributed by atoms with Gasteiger partial charge in [0.05, 0.1) is 0 Å². The maximum absolute atomic E-state index is 9.14. The van der Waals surface area contributed by atoms with E-state index in [1.54, 1.807) is 6.07 Å². The lowest BCUT2D eigenvalue weighted by atomic mass is 9.84. The van der Waals surface area contributed by atoms with Crippen LogP contribution in [0.1, 0.15) is 16.7 Å². The second-order valence-corrected chi connectivity index (χ2v) is 16.8. The molecular formula is C40H37BO3P+. The highest BCUT2D eigenvalue weighted by Crippen LogP contribution is 2.70. The average molecular weight is 608 g/mol. The van der Waals surface area contributed by atoms with Gasteiger partial charge in [0.25, 0.3) is 0 Å². The molecule has 0 unspecified atom stereocenters. The van der Waals surface area contributed by atoms with E-state index in [-0.39, 0.29) is 5.16 Å². The highest BCUT2D eigenvalue weighted by molar-refractivity contribution is 7.75. The van der Waals surface area contributed by atoms with Crippen LogP contribution in [-0.4, -0.2) is 37.4 Å². The average Bonchev–Trinajstić information content (AvgIpc) is 3.05. The van der Waals surface area contributed by atoms with Gasteiger partial charge in [-0.05, 0) is 45.1 Å². The van der Waals surface area contributed by atoms with Gasteiger partial charge in [0.15, 0.2) is 5.16 Å². The van der Waals surface area contributed by atoms with Gasteiger partial charge >= 0.3 is 7.32 Å². The van der Waals surface area contributed by atoms with E-state index in [0.29, 0.717) is 5.75 Å². The summed E-state index contributed by atoms with van der Waals surface area (Å²) in [6.07, 6.45) is 0. The molecule has 0 aromatic heterocycles. The minimum atomic E-state index is -1.83. The Morgan fingerprint density at radius 3 is 1.42 bits per heavy atom. The van der Waals surface area contributed by atoms with E-state index in [9.17, 15) is 0 Å². The zero-order valence-corrected chi connectivity index (χ0v) is 26.7. The molecule has 0 aliphatic rings. The van der Waals surface area contributed by atoms with Crippen molar-refractivity contribution in [1.29, 1.82) is 0 Å². The van der Waals surface area contributed by atoms with Crippen LogP contribution in [0.5, 0.6) is 5.75 Å². The summed E-state index contributed by atoms with van der Waals surface area (Å²) in [5.41, 5.74) is 4.16. The van der Waals surface area contributed by atoms with Crippen LogP contribution in [-0.2, 0) is 5.16 Å². The first-order valence-electron chi connectivity index (χ1n) is 15.1. The lowest BCUT2D eigenvalue weighted by Gasteiger charge is -2.40. The van der Waals surface area contributed by atoms with Crippen molar-refractivity contribution >= 4 is 46.9 Å². The Kier molecular flexibility index (Phi) is 8.74. The van der Waals surface area contributed by atoms with Crippen molar-refractivity contribution < 1.29 is 14.7 Å². The van der Waals surface area contributed by atoms with Gasteiger partial charge in [-0.2, -0.15) is 0 Å². The highest BCUT2D eigenvalue weighted by Gasteiger charge is 2.52. The molecule has 3 nitrogen and oxygen atoms in total. The summed E-state index contributed by atoms with van der Waals surface area (Å²) >= 11 is 0. The number of hydrogen-bond donors (Lipinski definition) is 2. The molecule has 0 aliphatic heterocycles. The van der Waals surface area contributed by atoms with Crippen LogP contribution in [0.2, 0.25) is 0 Å². The van der Waals surface area contributed by atoms with Crippen molar-refractivity contribution in [2.24, 2.45) is 0 Å². The Morgan fingerprint density at radius 1 is 0.489 bits per heavy atom. The molecule has 0 radical (unpaired) electrons. The van der Waals surface area contributed by atoms with Crippen LogP contribution >= 0.6 is 7.26 Å². The molecule has 0 aliphatic carbocycles. The molecule has 0 bridgehead atoms. The zero-order valence-electron chi connectivity index (χ0n) is 25.8. The lowest BCUT2D eigenvalue weighted by molar-refractivity contribution is 0.289. The number of hydrogen-bond acceptors (Lipinski definition) is 3. The quantitative estimate of drug-likeness (QED) is 0.0651. The van der Waals surface area contributed by atoms with Gasteiger partial charge in [-0.25, -0.2) is 0 Å². The van der Waals surface area contributed by atoms with Gasteiger partial charge in [-0.15, -0.1) is 0 Å². The second-order valence-electron chi connectivity index (χ2n) is 12.1. The normalized spacial score (nSPS) is 11.7. The topological polar surface area (TPSA) is 49.7 Å². The molecule has 5 heteroatoms. The zero-order chi connectivity index (χ0) is 31.4. The molecule has 0 spiro atoms. The summed E-state index contributed by atoms with van der Waals surface area (Å²) in [5.74, 6) is 0.466. The fourth-order valence-electron chi connectivity index (χ4n) is 6.68. The summed E-state index contributed by atoms with van der Waals surface area (Å²) in [6.45, 7) is 7.33. The molecule has 0 saturated carbocycles. The first-order chi connectivity index (χ1) is 21.8. The third kappa shape index (κ3) is 5.98. The molecule has 7 aromatic rings. The van der Waals surface area contributed by atoms with Crippen molar-refractivity contribution in [3.8, 4) is 5.75 Å². The monoisotopic (exact) mass is 607 g/mol. The van der Waals surface area contributed by atoms with Gasteiger partial charge in [0.2, 0.25) is 0 Å². The number of fused-ring (bicyclic) bond motifs is 4. The van der Waals surface area contributed by atoms with Gasteiger partial charge < -0.3 is 14.7 Å². The predicted octanol–water partition coefficient (Wildman–Crippen LogP) is 9.38. The van der Waals surface area contributed by atoms with E-state index >= 15 is 0 Å². The number of benzene rings is 7. The summed E-state index contributed by atoms with van der Waals surface area (Å²) in [4.78, 5) is 0. The highest BCUT2D eigenvalue weighted by atomic mass is 31.2. The molecule has 7 aromatic carbocycles. The van der Waals surface area contributed by atoms with E-state index in [1.807, 2.05) is 30.3 Å². The Bertz CT molecular complexity index is 1940. The molecule has 222 valence electrons. The maximum atomic E-state index is 9.14. The molecule has 2 N–H and O–H groups in total. The Balaban J connectivity index is 0.000000159. The van der Waals surface area contributed by atoms with Gasteiger partial charge in [0, 0.05) is 49.3 Å². The van der Waals surface area contributed by atoms with Crippen molar-refractivity contribution in [3.05, 3.63) is 174 Å². The molecule has 7 rings (SSSR count). The molecule has 45 heavy (non-hydrogen) atoms. The largest absolute Gasteiger partial charge is 0.707 e. The van der Waals surface area contributed by atoms with E-state index in [4.69, 9.17) is 14.7 Å². The van der Waals surface area contributed by atoms with Gasteiger partial charge in [0.1, 0.15) is 5.75 Å². The SMILES string of the molecule is C[P+](C)(C)C(c1ccccc1)(c1ccccc1)c1ccccc1.OB(O)Oc1cccc2ccc3cc4ccccc4cc3c12. The van der Waals surface area contributed by atoms with E-state index in [1.165, 1.54) is 22.1 Å². The molecule has 0 saturated heterocycles. The smallest absolute Gasteiger partial charge is 0.511 e. The van der Waals surface area contributed by atoms with Crippen LogP contribution < -0.4 is 4.65 Å². The van der Waals surface area contributed by atoms with Crippen LogP contribution in [0, 0.1) is 0 Å². The predicted molar refractivity (Wildman–Crippen MR) is 194 cm³/mol. The van der Waals surface area contributed by atoms with Crippen LogP contribution in [0.3, 0.4) is 0 Å². The lowest BCUT2D eigenvalue weighted by Crippen LogP contribution is -2.31. The van der Waals surface area contributed by atoms with Crippen molar-refractivity contribution in [1.82, 2.24) is 0 Å². The van der Waals surface area contributed by atoms with Crippen LogP contribution in [0.4, 0.5) is 0 Å². The molecule has 0 atom stereocenters. The summed E-state index contributed by atoms with van der Waals surface area (Å²) < 4.78 is 5.16.